The number of aliphatic carboxylic acids is 1. The van der Waals surface area contributed by atoms with E-state index in [9.17, 15) is 9.18 Å². The van der Waals surface area contributed by atoms with Gasteiger partial charge in [0.2, 0.25) is 5.95 Å². The molecule has 1 heterocycles. The molecule has 14 heavy (non-hydrogen) atoms. The minimum Gasteiger partial charge on any atom is -0.481 e. The smallest absolute Gasteiger partial charge is 0.305 e. The highest BCUT2D eigenvalue weighted by molar-refractivity contribution is 5.68. The number of carboxylic acid groups (broad SMARTS) is 1. The standard InChI is InChI=1S/C9H11FN2O2/c1-9(11,4-8(13)14)6-2-3-7(10)12-5-6/h2-3,5H,4,11H2,1H3,(H,13,14). The summed E-state index contributed by atoms with van der Waals surface area (Å²) < 4.78 is 12.5. The van der Waals surface area contributed by atoms with Crippen molar-refractivity contribution >= 4 is 5.97 Å². The van der Waals surface area contributed by atoms with Crippen LogP contribution >= 0.6 is 0 Å². The first-order valence-electron chi connectivity index (χ1n) is 4.04. The molecule has 0 saturated carbocycles. The number of carbonyl (C=O) groups is 1. The molecule has 0 aliphatic heterocycles. The fraction of sp³-hybridized carbons (Fsp3) is 0.333. The lowest BCUT2D eigenvalue weighted by Crippen LogP contribution is -2.35. The van der Waals surface area contributed by atoms with E-state index in [4.69, 9.17) is 10.8 Å². The van der Waals surface area contributed by atoms with Gasteiger partial charge in [-0.15, -0.1) is 0 Å². The van der Waals surface area contributed by atoms with Crippen LogP contribution in [0.2, 0.25) is 0 Å². The molecule has 0 radical (unpaired) electrons. The predicted octanol–water partition coefficient (Wildman–Crippen LogP) is 0.869. The fourth-order valence-electron chi connectivity index (χ4n) is 1.13. The van der Waals surface area contributed by atoms with Crippen molar-refractivity contribution in [2.24, 2.45) is 5.73 Å². The van der Waals surface area contributed by atoms with E-state index in [-0.39, 0.29) is 6.42 Å². The van der Waals surface area contributed by atoms with Gasteiger partial charge in [-0.2, -0.15) is 4.39 Å². The largest absolute Gasteiger partial charge is 0.481 e. The molecule has 4 nitrogen and oxygen atoms in total. The monoisotopic (exact) mass is 198 g/mol. The van der Waals surface area contributed by atoms with Gasteiger partial charge in [-0.05, 0) is 18.6 Å². The number of carboxylic acids is 1. The van der Waals surface area contributed by atoms with Gasteiger partial charge in [0.05, 0.1) is 12.0 Å². The highest BCUT2D eigenvalue weighted by Gasteiger charge is 2.24. The van der Waals surface area contributed by atoms with Crippen LogP contribution in [0, 0.1) is 5.95 Å². The summed E-state index contributed by atoms with van der Waals surface area (Å²) in [4.78, 5) is 13.9. The van der Waals surface area contributed by atoms with Crippen molar-refractivity contribution in [3.05, 3.63) is 29.8 Å². The summed E-state index contributed by atoms with van der Waals surface area (Å²) in [6, 6.07) is 2.59. The van der Waals surface area contributed by atoms with Gasteiger partial charge in [0.1, 0.15) is 0 Å². The van der Waals surface area contributed by atoms with Crippen molar-refractivity contribution in [1.82, 2.24) is 4.98 Å². The molecular formula is C9H11FN2O2. The second-order valence-corrected chi connectivity index (χ2v) is 3.36. The number of nitrogens with zero attached hydrogens (tertiary/aromatic N) is 1. The molecular weight excluding hydrogens is 187 g/mol. The molecule has 1 rings (SSSR count). The number of hydrogen-bond acceptors (Lipinski definition) is 3. The first-order chi connectivity index (χ1) is 6.42. The van der Waals surface area contributed by atoms with E-state index in [0.29, 0.717) is 5.56 Å². The zero-order chi connectivity index (χ0) is 10.8. The Labute approximate surface area is 80.6 Å². The zero-order valence-electron chi connectivity index (χ0n) is 7.70. The average Bonchev–Trinajstić information content (AvgIpc) is 2.02. The molecule has 0 aliphatic rings. The summed E-state index contributed by atoms with van der Waals surface area (Å²) in [5, 5.41) is 8.59. The molecule has 3 N–H and O–H groups in total. The third-order valence-electron chi connectivity index (χ3n) is 1.91. The van der Waals surface area contributed by atoms with E-state index >= 15 is 0 Å². The summed E-state index contributed by atoms with van der Waals surface area (Å²) in [5.41, 5.74) is 5.23. The van der Waals surface area contributed by atoms with Gasteiger partial charge in [0.25, 0.3) is 0 Å². The minimum absolute atomic E-state index is 0.222. The minimum atomic E-state index is -1.02. The zero-order valence-corrected chi connectivity index (χ0v) is 7.70. The quantitative estimate of drug-likeness (QED) is 0.706. The average molecular weight is 198 g/mol. The topological polar surface area (TPSA) is 76.2 Å². The second-order valence-electron chi connectivity index (χ2n) is 3.36. The second kappa shape index (κ2) is 3.71. The van der Waals surface area contributed by atoms with Crippen LogP contribution in [0.15, 0.2) is 18.3 Å². The van der Waals surface area contributed by atoms with E-state index < -0.39 is 17.5 Å². The van der Waals surface area contributed by atoms with Gasteiger partial charge >= 0.3 is 5.97 Å². The maximum absolute atomic E-state index is 12.5. The molecule has 0 aromatic carbocycles. The van der Waals surface area contributed by atoms with Crippen LogP contribution in [0.4, 0.5) is 4.39 Å². The number of nitrogens with two attached hydrogens (primary N) is 1. The fourth-order valence-corrected chi connectivity index (χ4v) is 1.13. The Kier molecular flexibility index (Phi) is 2.81. The molecule has 0 aliphatic carbocycles. The number of hydrogen-bond donors (Lipinski definition) is 2. The van der Waals surface area contributed by atoms with E-state index in [2.05, 4.69) is 4.98 Å². The Morgan fingerprint density at radius 1 is 1.71 bits per heavy atom. The Morgan fingerprint density at radius 2 is 2.36 bits per heavy atom. The molecule has 0 fully saturated rings. The number of pyridine rings is 1. The molecule has 1 atom stereocenters. The van der Waals surface area contributed by atoms with Crippen molar-refractivity contribution in [2.45, 2.75) is 18.9 Å². The lowest BCUT2D eigenvalue weighted by molar-refractivity contribution is -0.138. The third-order valence-corrected chi connectivity index (χ3v) is 1.91. The van der Waals surface area contributed by atoms with Gasteiger partial charge in [-0.3, -0.25) is 4.79 Å². The summed E-state index contributed by atoms with van der Waals surface area (Å²) in [6.45, 7) is 1.57. The van der Waals surface area contributed by atoms with E-state index in [0.717, 1.165) is 6.07 Å². The Bertz CT molecular complexity index is 335. The van der Waals surface area contributed by atoms with Crippen LogP contribution in [-0.4, -0.2) is 16.1 Å². The SMILES string of the molecule is CC(N)(CC(=O)O)c1ccc(F)nc1. The summed E-state index contributed by atoms with van der Waals surface area (Å²) in [5.74, 6) is -1.61. The van der Waals surface area contributed by atoms with Gasteiger partial charge in [0.15, 0.2) is 0 Å². The summed E-state index contributed by atoms with van der Waals surface area (Å²) in [7, 11) is 0. The van der Waals surface area contributed by atoms with Crippen molar-refractivity contribution in [2.75, 3.05) is 0 Å². The number of halogens is 1. The van der Waals surface area contributed by atoms with Crippen LogP contribution in [0.1, 0.15) is 18.9 Å². The molecule has 5 heteroatoms. The van der Waals surface area contributed by atoms with E-state index in [1.54, 1.807) is 6.92 Å². The molecule has 0 amide bonds. The van der Waals surface area contributed by atoms with Gasteiger partial charge in [0, 0.05) is 6.20 Å². The Morgan fingerprint density at radius 3 is 2.79 bits per heavy atom. The normalized spacial score (nSPS) is 14.8. The first kappa shape index (κ1) is 10.6. The van der Waals surface area contributed by atoms with Crippen molar-refractivity contribution < 1.29 is 14.3 Å². The van der Waals surface area contributed by atoms with Crippen LogP contribution < -0.4 is 5.73 Å². The van der Waals surface area contributed by atoms with Crippen LogP contribution in [0.25, 0.3) is 0 Å². The van der Waals surface area contributed by atoms with Crippen LogP contribution in [-0.2, 0) is 10.3 Å². The van der Waals surface area contributed by atoms with Crippen LogP contribution in [0.3, 0.4) is 0 Å². The van der Waals surface area contributed by atoms with Crippen molar-refractivity contribution in [3.63, 3.8) is 0 Å². The molecule has 1 aromatic rings. The maximum Gasteiger partial charge on any atom is 0.305 e. The number of rotatable bonds is 3. The molecule has 1 unspecified atom stereocenters. The highest BCUT2D eigenvalue weighted by atomic mass is 19.1. The van der Waals surface area contributed by atoms with Crippen molar-refractivity contribution in [1.29, 1.82) is 0 Å². The Balaban J connectivity index is 2.91. The van der Waals surface area contributed by atoms with E-state index in [1.807, 2.05) is 0 Å². The highest BCUT2D eigenvalue weighted by Crippen LogP contribution is 2.20. The molecule has 76 valence electrons. The molecule has 0 bridgehead atoms. The molecule has 0 saturated heterocycles. The summed E-state index contributed by atoms with van der Waals surface area (Å²) >= 11 is 0. The van der Waals surface area contributed by atoms with Crippen LogP contribution in [0.5, 0.6) is 0 Å². The maximum atomic E-state index is 12.5. The van der Waals surface area contributed by atoms with Gasteiger partial charge in [-0.1, -0.05) is 6.07 Å². The first-order valence-corrected chi connectivity index (χ1v) is 4.04. The van der Waals surface area contributed by atoms with Crippen molar-refractivity contribution in [3.8, 4) is 0 Å². The number of aromatic nitrogens is 1. The predicted molar refractivity (Wildman–Crippen MR) is 48.0 cm³/mol. The van der Waals surface area contributed by atoms with Gasteiger partial charge in [-0.25, -0.2) is 4.98 Å². The van der Waals surface area contributed by atoms with Gasteiger partial charge < -0.3 is 10.8 Å². The molecule has 1 aromatic heterocycles. The van der Waals surface area contributed by atoms with E-state index in [1.165, 1.54) is 12.3 Å². The lowest BCUT2D eigenvalue weighted by atomic mass is 9.91. The third kappa shape index (κ3) is 2.50. The molecule has 0 spiro atoms. The lowest BCUT2D eigenvalue weighted by Gasteiger charge is -2.22. The Hall–Kier alpha value is -1.49. The summed E-state index contributed by atoms with van der Waals surface area (Å²) in [6.07, 6.45) is 1.03.